The Morgan fingerprint density at radius 3 is 2.74 bits per heavy atom. The molecule has 1 spiro atoms. The molecule has 1 unspecified atom stereocenters. The normalized spacial score (nSPS) is 22.7. The van der Waals surface area contributed by atoms with E-state index in [-0.39, 0.29) is 10.3 Å². The highest BCUT2D eigenvalue weighted by molar-refractivity contribution is 7.84. The van der Waals surface area contributed by atoms with Gasteiger partial charge in [0, 0.05) is 25.8 Å². The number of nitrogens with zero attached hydrogens (tertiary/aromatic N) is 4. The molecule has 1 saturated heterocycles. The molecule has 1 N–H and O–H groups in total. The van der Waals surface area contributed by atoms with Gasteiger partial charge in [-0.2, -0.15) is 0 Å². The number of aromatic nitrogens is 3. The van der Waals surface area contributed by atoms with Gasteiger partial charge in [0.05, 0.1) is 15.7 Å². The molecular weight excluding hydrogens is 310 g/mol. The van der Waals surface area contributed by atoms with Gasteiger partial charge in [-0.3, -0.25) is 0 Å². The highest BCUT2D eigenvalue weighted by Crippen LogP contribution is 2.47. The van der Waals surface area contributed by atoms with Crippen molar-refractivity contribution in [1.29, 1.82) is 0 Å². The molecule has 2 aromatic rings. The maximum absolute atomic E-state index is 12.9. The molecule has 1 aliphatic carbocycles. The van der Waals surface area contributed by atoms with Crippen LogP contribution in [0.15, 0.2) is 18.6 Å². The van der Waals surface area contributed by atoms with Gasteiger partial charge in [0.25, 0.3) is 0 Å². The molecule has 23 heavy (non-hydrogen) atoms. The first-order valence-corrected chi connectivity index (χ1v) is 9.24. The standard InChI is InChI=1S/C16H23N5OS/c1-15(2,3)23(22)21-9-8-20(10-16(21)5-6-16)14-12-4-7-17-13(12)18-11-19-14/h4,7,11H,5-6,8-10H2,1-3H3,(H,17,18,19). The molecule has 4 rings (SSSR count). The van der Waals surface area contributed by atoms with Gasteiger partial charge < -0.3 is 9.88 Å². The molecule has 1 atom stereocenters. The quantitative estimate of drug-likeness (QED) is 0.914. The van der Waals surface area contributed by atoms with Crippen LogP contribution in [0.4, 0.5) is 5.82 Å². The molecule has 0 amide bonds. The molecule has 124 valence electrons. The summed E-state index contributed by atoms with van der Waals surface area (Å²) in [7, 11) is -0.954. The van der Waals surface area contributed by atoms with Gasteiger partial charge in [-0.25, -0.2) is 18.5 Å². The lowest BCUT2D eigenvalue weighted by molar-refractivity contribution is 0.279. The lowest BCUT2D eigenvalue weighted by Gasteiger charge is -2.43. The summed E-state index contributed by atoms with van der Waals surface area (Å²) >= 11 is 0. The monoisotopic (exact) mass is 333 g/mol. The number of nitrogens with one attached hydrogen (secondary N) is 1. The smallest absolute Gasteiger partial charge is 0.142 e. The Morgan fingerprint density at radius 1 is 1.26 bits per heavy atom. The summed E-state index contributed by atoms with van der Waals surface area (Å²) in [5.41, 5.74) is 0.935. The second-order valence-electron chi connectivity index (χ2n) is 7.55. The summed E-state index contributed by atoms with van der Waals surface area (Å²) in [6, 6.07) is 2.03. The minimum absolute atomic E-state index is 0.0595. The number of fused-ring (bicyclic) bond motifs is 1. The largest absolute Gasteiger partial charge is 0.353 e. The summed E-state index contributed by atoms with van der Waals surface area (Å²) in [4.78, 5) is 14.3. The van der Waals surface area contributed by atoms with Gasteiger partial charge in [0.1, 0.15) is 28.8 Å². The van der Waals surface area contributed by atoms with Crippen LogP contribution in [0.5, 0.6) is 0 Å². The maximum Gasteiger partial charge on any atom is 0.142 e. The van der Waals surface area contributed by atoms with Crippen molar-refractivity contribution in [2.24, 2.45) is 0 Å². The van der Waals surface area contributed by atoms with Crippen molar-refractivity contribution in [2.75, 3.05) is 24.5 Å². The number of H-pyrrole nitrogens is 1. The molecular formula is C16H23N5OS. The first-order chi connectivity index (χ1) is 10.9. The second kappa shape index (κ2) is 5.01. The Labute approximate surface area is 138 Å². The van der Waals surface area contributed by atoms with E-state index in [1.54, 1.807) is 6.33 Å². The Kier molecular flexibility index (Phi) is 3.29. The third kappa shape index (κ3) is 2.46. The SMILES string of the molecule is CC(C)(C)S(=O)N1CCN(c2ncnc3[nH]ccc23)CC12CC2. The van der Waals surface area contributed by atoms with Crippen LogP contribution in [0, 0.1) is 0 Å². The van der Waals surface area contributed by atoms with Crippen LogP contribution in [0.1, 0.15) is 33.6 Å². The predicted octanol–water partition coefficient (Wildman–Crippen LogP) is 2.07. The van der Waals surface area contributed by atoms with Crippen LogP contribution in [-0.4, -0.2) is 53.4 Å². The molecule has 2 fully saturated rings. The molecule has 2 aliphatic rings. The number of hydrogen-bond acceptors (Lipinski definition) is 4. The molecule has 3 heterocycles. The second-order valence-corrected chi connectivity index (χ2v) is 9.71. The molecule has 0 bridgehead atoms. The average Bonchev–Trinajstić information content (AvgIpc) is 3.10. The molecule has 0 aromatic carbocycles. The topological polar surface area (TPSA) is 65.1 Å². The summed E-state index contributed by atoms with van der Waals surface area (Å²) in [6.07, 6.45) is 5.76. The van der Waals surface area contributed by atoms with E-state index in [0.717, 1.165) is 49.3 Å². The highest BCUT2D eigenvalue weighted by atomic mass is 32.2. The summed E-state index contributed by atoms with van der Waals surface area (Å²) in [5.74, 6) is 0.990. The van der Waals surface area contributed by atoms with E-state index in [1.165, 1.54) is 0 Å². The van der Waals surface area contributed by atoms with Crippen LogP contribution in [0.3, 0.4) is 0 Å². The van der Waals surface area contributed by atoms with Gasteiger partial charge >= 0.3 is 0 Å². The van der Waals surface area contributed by atoms with Crippen LogP contribution >= 0.6 is 0 Å². The first kappa shape index (κ1) is 15.1. The fraction of sp³-hybridized carbons (Fsp3) is 0.625. The van der Waals surface area contributed by atoms with Gasteiger partial charge in [0.15, 0.2) is 0 Å². The third-order valence-corrected chi connectivity index (χ3v) is 6.79. The van der Waals surface area contributed by atoms with Crippen LogP contribution in [-0.2, 0) is 11.0 Å². The summed E-state index contributed by atoms with van der Waals surface area (Å²) in [5, 5.41) is 1.06. The Bertz CT molecular complexity index is 761. The summed E-state index contributed by atoms with van der Waals surface area (Å²) < 4.78 is 14.9. The van der Waals surface area contributed by atoms with Crippen LogP contribution in [0.25, 0.3) is 11.0 Å². The molecule has 6 nitrogen and oxygen atoms in total. The zero-order valence-electron chi connectivity index (χ0n) is 13.9. The minimum atomic E-state index is -0.954. The molecule has 0 radical (unpaired) electrons. The summed E-state index contributed by atoms with van der Waals surface area (Å²) in [6.45, 7) is 8.73. The third-order valence-electron chi connectivity index (χ3n) is 4.77. The Morgan fingerprint density at radius 2 is 2.04 bits per heavy atom. The van der Waals surface area contributed by atoms with E-state index in [9.17, 15) is 4.21 Å². The highest BCUT2D eigenvalue weighted by Gasteiger charge is 2.55. The van der Waals surface area contributed by atoms with Gasteiger partial charge in [-0.1, -0.05) is 0 Å². The molecule has 7 heteroatoms. The van der Waals surface area contributed by atoms with Crippen molar-refractivity contribution in [2.45, 2.75) is 43.9 Å². The number of anilines is 1. The van der Waals surface area contributed by atoms with E-state index in [1.807, 2.05) is 12.3 Å². The number of rotatable bonds is 2. The number of piperazine rings is 1. The number of aromatic amines is 1. The fourth-order valence-electron chi connectivity index (χ4n) is 3.39. The van der Waals surface area contributed by atoms with Crippen molar-refractivity contribution in [3.05, 3.63) is 18.6 Å². The number of hydrogen-bond donors (Lipinski definition) is 1. The van der Waals surface area contributed by atoms with E-state index >= 15 is 0 Å². The zero-order valence-corrected chi connectivity index (χ0v) is 14.7. The van der Waals surface area contributed by atoms with E-state index in [0.29, 0.717) is 0 Å². The van der Waals surface area contributed by atoms with E-state index in [4.69, 9.17) is 0 Å². The van der Waals surface area contributed by atoms with Crippen LogP contribution < -0.4 is 4.90 Å². The van der Waals surface area contributed by atoms with Crippen LogP contribution in [0.2, 0.25) is 0 Å². The van der Waals surface area contributed by atoms with Crippen molar-refractivity contribution < 1.29 is 4.21 Å². The molecule has 1 saturated carbocycles. The minimum Gasteiger partial charge on any atom is -0.353 e. The van der Waals surface area contributed by atoms with E-state index < -0.39 is 11.0 Å². The lowest BCUT2D eigenvalue weighted by atomic mass is 10.1. The first-order valence-electron chi connectivity index (χ1n) is 8.13. The van der Waals surface area contributed by atoms with Crippen molar-refractivity contribution in [3.63, 3.8) is 0 Å². The van der Waals surface area contributed by atoms with Crippen molar-refractivity contribution in [1.82, 2.24) is 19.3 Å². The predicted molar refractivity (Wildman–Crippen MR) is 92.7 cm³/mol. The molecule has 1 aliphatic heterocycles. The van der Waals surface area contributed by atoms with Gasteiger partial charge in [-0.05, 0) is 39.7 Å². The maximum atomic E-state index is 12.9. The van der Waals surface area contributed by atoms with Gasteiger partial charge in [-0.15, -0.1) is 0 Å². The van der Waals surface area contributed by atoms with E-state index in [2.05, 4.69) is 44.9 Å². The van der Waals surface area contributed by atoms with Crippen molar-refractivity contribution in [3.8, 4) is 0 Å². The van der Waals surface area contributed by atoms with Crippen molar-refractivity contribution >= 4 is 27.8 Å². The lowest BCUT2D eigenvalue weighted by Crippen LogP contribution is -2.58. The molecule has 2 aromatic heterocycles. The Balaban J connectivity index is 1.62. The Hall–Kier alpha value is -1.47. The fourth-order valence-corrected chi connectivity index (χ4v) is 4.90. The average molecular weight is 333 g/mol. The van der Waals surface area contributed by atoms with Gasteiger partial charge in [0.2, 0.25) is 0 Å². The zero-order chi connectivity index (χ0) is 16.2.